The van der Waals surface area contributed by atoms with Gasteiger partial charge in [0.25, 0.3) is 0 Å². The van der Waals surface area contributed by atoms with Gasteiger partial charge in [0.2, 0.25) is 0 Å². The van der Waals surface area contributed by atoms with Crippen LogP contribution >= 0.6 is 0 Å². The average Bonchev–Trinajstić information content (AvgIpc) is 2.47. The van der Waals surface area contributed by atoms with Crippen LogP contribution < -0.4 is 5.32 Å². The van der Waals surface area contributed by atoms with Crippen LogP contribution in [0.5, 0.6) is 0 Å². The summed E-state index contributed by atoms with van der Waals surface area (Å²) in [5.74, 6) is 1.21. The van der Waals surface area contributed by atoms with Crippen molar-refractivity contribution in [2.45, 2.75) is 51.0 Å². The number of anilines is 1. The molecule has 0 aromatic heterocycles. The monoisotopic (exact) mass is 336 g/mol. The molecule has 1 aromatic carbocycles. The van der Waals surface area contributed by atoms with Gasteiger partial charge in [-0.05, 0) is 57.2 Å². The Morgan fingerprint density at radius 3 is 2.57 bits per heavy atom. The molecule has 23 heavy (non-hydrogen) atoms. The van der Waals surface area contributed by atoms with Crippen LogP contribution in [-0.2, 0) is 16.6 Å². The number of likely N-dealkylation sites (tertiary alicyclic amines) is 1. The van der Waals surface area contributed by atoms with Gasteiger partial charge in [-0.25, -0.2) is 4.79 Å². The van der Waals surface area contributed by atoms with E-state index in [9.17, 15) is 9.00 Å². The number of benzene rings is 1. The highest BCUT2D eigenvalue weighted by Crippen LogP contribution is 2.20. The SMILES string of the molecule is CC1CCN(C(=O)Nc2cccc(CS(=O)C(C)(C)C)c2)CC1. The fourth-order valence-electron chi connectivity index (χ4n) is 2.52. The lowest BCUT2D eigenvalue weighted by Gasteiger charge is -2.30. The zero-order valence-corrected chi connectivity index (χ0v) is 15.4. The Labute approximate surface area is 142 Å². The summed E-state index contributed by atoms with van der Waals surface area (Å²) in [7, 11) is -0.941. The fourth-order valence-corrected chi connectivity index (χ4v) is 3.44. The van der Waals surface area contributed by atoms with Crippen molar-refractivity contribution in [3.63, 3.8) is 0 Å². The Bertz CT molecular complexity index is 573. The Balaban J connectivity index is 1.97. The third kappa shape index (κ3) is 5.34. The minimum Gasteiger partial charge on any atom is -0.325 e. The number of carbonyl (C=O) groups excluding carboxylic acids is 1. The third-order valence-corrected chi connectivity index (χ3v) is 6.19. The molecule has 1 unspecified atom stereocenters. The maximum Gasteiger partial charge on any atom is 0.321 e. The first-order valence-electron chi connectivity index (χ1n) is 8.29. The zero-order chi connectivity index (χ0) is 17.0. The topological polar surface area (TPSA) is 49.4 Å². The molecule has 2 amide bonds. The maximum atomic E-state index is 12.3. The van der Waals surface area contributed by atoms with E-state index in [1.165, 1.54) is 0 Å². The molecule has 1 saturated heterocycles. The number of hydrogen-bond acceptors (Lipinski definition) is 2. The van der Waals surface area contributed by atoms with Crippen LogP contribution in [0.15, 0.2) is 24.3 Å². The van der Waals surface area contributed by atoms with Crippen molar-refractivity contribution in [3.8, 4) is 0 Å². The Morgan fingerprint density at radius 1 is 1.30 bits per heavy atom. The van der Waals surface area contributed by atoms with E-state index in [0.717, 1.165) is 37.2 Å². The van der Waals surface area contributed by atoms with E-state index in [0.29, 0.717) is 11.7 Å². The van der Waals surface area contributed by atoms with Gasteiger partial charge in [-0.15, -0.1) is 0 Å². The molecule has 0 spiro atoms. The van der Waals surface area contributed by atoms with Crippen molar-refractivity contribution in [2.75, 3.05) is 18.4 Å². The summed E-state index contributed by atoms with van der Waals surface area (Å²) >= 11 is 0. The Kier molecular flexibility index (Phi) is 5.84. The van der Waals surface area contributed by atoms with E-state index < -0.39 is 10.8 Å². The number of piperidine rings is 1. The van der Waals surface area contributed by atoms with E-state index in [1.54, 1.807) is 0 Å². The first-order chi connectivity index (χ1) is 10.8. The van der Waals surface area contributed by atoms with Gasteiger partial charge in [0.05, 0.1) is 0 Å². The summed E-state index contributed by atoms with van der Waals surface area (Å²) < 4.78 is 12.0. The standard InChI is InChI=1S/C18H28N2O2S/c1-14-8-10-20(11-9-14)17(21)19-16-7-5-6-15(12-16)13-23(22)18(2,3)4/h5-7,12,14H,8-11,13H2,1-4H3,(H,19,21). The van der Waals surface area contributed by atoms with Crippen LogP contribution in [0, 0.1) is 5.92 Å². The summed E-state index contributed by atoms with van der Waals surface area (Å²) in [5, 5.41) is 2.97. The highest BCUT2D eigenvalue weighted by molar-refractivity contribution is 7.85. The predicted octanol–water partition coefficient (Wildman–Crippen LogP) is 4.00. The summed E-state index contributed by atoms with van der Waals surface area (Å²) in [4.78, 5) is 14.2. The molecule has 2 rings (SSSR count). The number of hydrogen-bond donors (Lipinski definition) is 1. The van der Waals surface area contributed by atoms with Gasteiger partial charge in [-0.3, -0.25) is 4.21 Å². The molecule has 4 nitrogen and oxygen atoms in total. The van der Waals surface area contributed by atoms with E-state index in [4.69, 9.17) is 0 Å². The number of amides is 2. The van der Waals surface area contributed by atoms with Crippen LogP contribution in [0.2, 0.25) is 0 Å². The van der Waals surface area contributed by atoms with Crippen molar-refractivity contribution in [3.05, 3.63) is 29.8 Å². The number of urea groups is 1. The predicted molar refractivity (Wildman–Crippen MR) is 97.0 cm³/mol. The second-order valence-electron chi connectivity index (χ2n) is 7.40. The number of nitrogens with zero attached hydrogens (tertiary/aromatic N) is 1. The lowest BCUT2D eigenvalue weighted by Crippen LogP contribution is -2.40. The van der Waals surface area contributed by atoms with Gasteiger partial charge >= 0.3 is 6.03 Å². The molecule has 0 saturated carbocycles. The normalized spacial score (nSPS) is 17.8. The second-order valence-corrected chi connectivity index (χ2v) is 9.61. The molecule has 0 radical (unpaired) electrons. The zero-order valence-electron chi connectivity index (χ0n) is 14.6. The molecule has 1 atom stereocenters. The van der Waals surface area contributed by atoms with Gasteiger partial charge in [0.1, 0.15) is 0 Å². The highest BCUT2D eigenvalue weighted by Gasteiger charge is 2.21. The molecule has 1 aromatic rings. The minimum absolute atomic E-state index is 0.0361. The molecule has 1 aliphatic rings. The van der Waals surface area contributed by atoms with Crippen molar-refractivity contribution >= 4 is 22.5 Å². The van der Waals surface area contributed by atoms with E-state index in [2.05, 4.69) is 12.2 Å². The highest BCUT2D eigenvalue weighted by atomic mass is 32.2. The molecule has 1 aliphatic heterocycles. The van der Waals surface area contributed by atoms with Crippen LogP contribution in [0.1, 0.15) is 46.1 Å². The van der Waals surface area contributed by atoms with Crippen molar-refractivity contribution in [1.82, 2.24) is 4.90 Å². The van der Waals surface area contributed by atoms with Gasteiger partial charge in [0.15, 0.2) is 0 Å². The first kappa shape index (κ1) is 18.0. The first-order valence-corrected chi connectivity index (χ1v) is 9.61. The molecule has 0 aliphatic carbocycles. The largest absolute Gasteiger partial charge is 0.325 e. The van der Waals surface area contributed by atoms with Crippen molar-refractivity contribution < 1.29 is 9.00 Å². The van der Waals surface area contributed by atoms with Crippen molar-refractivity contribution in [1.29, 1.82) is 0 Å². The summed E-state index contributed by atoms with van der Waals surface area (Å²) in [6.45, 7) is 9.81. The van der Waals surface area contributed by atoms with Crippen molar-refractivity contribution in [2.24, 2.45) is 5.92 Å². The molecule has 5 heteroatoms. The molecule has 1 heterocycles. The van der Waals surface area contributed by atoms with E-state index in [1.807, 2.05) is 49.9 Å². The maximum absolute atomic E-state index is 12.3. The Morgan fingerprint density at radius 2 is 1.96 bits per heavy atom. The Hall–Kier alpha value is -1.36. The summed E-state index contributed by atoms with van der Waals surface area (Å²) in [5.41, 5.74) is 1.76. The molecule has 1 fully saturated rings. The van der Waals surface area contributed by atoms with Gasteiger partial charge < -0.3 is 10.2 Å². The molecule has 128 valence electrons. The number of carbonyl (C=O) groups is 1. The van der Waals surface area contributed by atoms with Gasteiger partial charge in [-0.1, -0.05) is 19.1 Å². The van der Waals surface area contributed by atoms with E-state index in [-0.39, 0.29) is 10.8 Å². The lowest BCUT2D eigenvalue weighted by molar-refractivity contribution is 0.186. The second kappa shape index (κ2) is 7.47. The van der Waals surface area contributed by atoms with Crippen LogP contribution in [0.25, 0.3) is 0 Å². The third-order valence-electron chi connectivity index (χ3n) is 4.23. The van der Waals surface area contributed by atoms with Crippen LogP contribution in [-0.4, -0.2) is 33.0 Å². The number of nitrogens with one attached hydrogen (secondary N) is 1. The van der Waals surface area contributed by atoms with E-state index >= 15 is 0 Å². The van der Waals surface area contributed by atoms with Gasteiger partial charge in [-0.2, -0.15) is 0 Å². The smallest absolute Gasteiger partial charge is 0.321 e. The summed E-state index contributed by atoms with van der Waals surface area (Å²) in [6, 6.07) is 7.64. The quantitative estimate of drug-likeness (QED) is 0.907. The fraction of sp³-hybridized carbons (Fsp3) is 0.611. The lowest BCUT2D eigenvalue weighted by atomic mass is 10.00. The molecular weight excluding hydrogens is 308 g/mol. The van der Waals surface area contributed by atoms with Crippen LogP contribution in [0.4, 0.5) is 10.5 Å². The number of rotatable bonds is 3. The average molecular weight is 337 g/mol. The molecular formula is C18H28N2O2S. The van der Waals surface area contributed by atoms with Crippen LogP contribution in [0.3, 0.4) is 0 Å². The summed E-state index contributed by atoms with van der Waals surface area (Å²) in [6.07, 6.45) is 2.13. The molecule has 1 N–H and O–H groups in total. The molecule has 0 bridgehead atoms. The minimum atomic E-state index is -0.941. The van der Waals surface area contributed by atoms with Gasteiger partial charge in [0, 0.05) is 40.1 Å².